The molecule has 3 N–H and O–H groups in total. The summed E-state index contributed by atoms with van der Waals surface area (Å²) < 4.78 is 0. The van der Waals surface area contributed by atoms with Gasteiger partial charge in [0, 0.05) is 10.6 Å². The van der Waals surface area contributed by atoms with E-state index in [-0.39, 0.29) is 0 Å². The van der Waals surface area contributed by atoms with Crippen LogP contribution < -0.4 is 5.73 Å². The normalized spacial score (nSPS) is 10.9. The van der Waals surface area contributed by atoms with Gasteiger partial charge in [0.25, 0.3) is 0 Å². The zero-order valence-corrected chi connectivity index (χ0v) is 10.8. The summed E-state index contributed by atoms with van der Waals surface area (Å²) in [6.45, 7) is 2.06. The summed E-state index contributed by atoms with van der Waals surface area (Å²) in [6.07, 6.45) is 0. The van der Waals surface area contributed by atoms with Gasteiger partial charge in [-0.3, -0.25) is 0 Å². The Balaban J connectivity index is 2.01. The van der Waals surface area contributed by atoms with Gasteiger partial charge in [-0.1, -0.05) is 24.3 Å². The van der Waals surface area contributed by atoms with Crippen molar-refractivity contribution in [1.29, 1.82) is 0 Å². The highest BCUT2D eigenvalue weighted by atomic mass is 32.2. The Hall–Kier alpha value is -1.94. The lowest BCUT2D eigenvalue weighted by molar-refractivity contribution is 1.08. The Kier molecular flexibility index (Phi) is 2.72. The van der Waals surface area contributed by atoms with Gasteiger partial charge in [-0.15, -0.1) is 0 Å². The second-order valence-corrected chi connectivity index (χ2v) is 5.15. The van der Waals surface area contributed by atoms with Gasteiger partial charge >= 0.3 is 0 Å². The minimum Gasteiger partial charge on any atom is -0.398 e. The van der Waals surface area contributed by atoms with Crippen LogP contribution in [-0.4, -0.2) is 9.97 Å². The highest BCUT2D eigenvalue weighted by Gasteiger charge is 2.08. The van der Waals surface area contributed by atoms with E-state index in [2.05, 4.69) is 23.0 Å². The average molecular weight is 255 g/mol. The van der Waals surface area contributed by atoms with Crippen LogP contribution in [0, 0.1) is 6.92 Å². The van der Waals surface area contributed by atoms with E-state index in [1.807, 2.05) is 36.4 Å². The molecule has 1 heterocycles. The van der Waals surface area contributed by atoms with Crippen LogP contribution >= 0.6 is 11.8 Å². The third-order valence-electron chi connectivity index (χ3n) is 2.81. The van der Waals surface area contributed by atoms with Crippen molar-refractivity contribution in [2.45, 2.75) is 17.0 Å². The third-order valence-corrected chi connectivity index (χ3v) is 3.96. The molecule has 0 saturated heterocycles. The molecule has 0 aliphatic rings. The van der Waals surface area contributed by atoms with E-state index in [0.717, 1.165) is 26.8 Å². The zero-order chi connectivity index (χ0) is 12.5. The molecule has 0 aliphatic carbocycles. The van der Waals surface area contributed by atoms with E-state index in [0.29, 0.717) is 0 Å². The summed E-state index contributed by atoms with van der Waals surface area (Å²) in [5.41, 5.74) is 9.99. The molecule has 0 spiro atoms. The number of benzene rings is 2. The van der Waals surface area contributed by atoms with E-state index in [9.17, 15) is 0 Å². The lowest BCUT2D eigenvalue weighted by atomic mass is 10.2. The second-order valence-electron chi connectivity index (χ2n) is 4.15. The molecule has 0 saturated carbocycles. The van der Waals surface area contributed by atoms with Crippen LogP contribution in [0.2, 0.25) is 0 Å². The van der Waals surface area contributed by atoms with Crippen molar-refractivity contribution in [3.8, 4) is 0 Å². The van der Waals surface area contributed by atoms with Crippen molar-refractivity contribution in [3.63, 3.8) is 0 Å². The number of nitrogens with zero attached hydrogens (tertiary/aromatic N) is 1. The van der Waals surface area contributed by atoms with E-state index in [1.54, 1.807) is 11.8 Å². The van der Waals surface area contributed by atoms with Crippen molar-refractivity contribution < 1.29 is 0 Å². The number of anilines is 1. The Bertz CT molecular complexity index is 650. The van der Waals surface area contributed by atoms with Gasteiger partial charge in [0.15, 0.2) is 5.16 Å². The average Bonchev–Trinajstić information content (AvgIpc) is 2.76. The van der Waals surface area contributed by atoms with Gasteiger partial charge in [0.1, 0.15) is 0 Å². The molecule has 18 heavy (non-hydrogen) atoms. The number of para-hydroxylation sites is 2. The predicted octanol–water partition coefficient (Wildman–Crippen LogP) is 3.60. The lowest BCUT2D eigenvalue weighted by Crippen LogP contribution is -1.91. The summed E-state index contributed by atoms with van der Waals surface area (Å²) in [7, 11) is 0. The van der Waals surface area contributed by atoms with Crippen molar-refractivity contribution in [2.75, 3.05) is 5.73 Å². The Morgan fingerprint density at radius 3 is 2.72 bits per heavy atom. The SMILES string of the molecule is Cc1cccc(N)c1Sc1nc2ccccc2[nH]1. The molecule has 0 atom stereocenters. The summed E-state index contributed by atoms with van der Waals surface area (Å²) in [6, 6.07) is 13.9. The fraction of sp³-hybridized carbons (Fsp3) is 0.0714. The van der Waals surface area contributed by atoms with Crippen LogP contribution in [-0.2, 0) is 0 Å². The number of aromatic nitrogens is 2. The first-order chi connectivity index (χ1) is 8.74. The maximum absolute atomic E-state index is 6.00. The summed E-state index contributed by atoms with van der Waals surface area (Å²) in [4.78, 5) is 8.90. The Labute approximate surface area is 109 Å². The summed E-state index contributed by atoms with van der Waals surface area (Å²) in [5.74, 6) is 0. The first kappa shape index (κ1) is 11.2. The van der Waals surface area contributed by atoms with Gasteiger partial charge in [-0.05, 0) is 42.4 Å². The molecule has 3 aromatic rings. The molecule has 0 bridgehead atoms. The van der Waals surface area contributed by atoms with E-state index in [4.69, 9.17) is 5.73 Å². The third kappa shape index (κ3) is 1.95. The number of H-pyrrole nitrogens is 1. The molecular formula is C14H13N3S. The van der Waals surface area contributed by atoms with E-state index >= 15 is 0 Å². The van der Waals surface area contributed by atoms with Gasteiger partial charge < -0.3 is 10.7 Å². The van der Waals surface area contributed by atoms with E-state index in [1.165, 1.54) is 5.56 Å². The molecule has 3 rings (SSSR count). The van der Waals surface area contributed by atoms with E-state index < -0.39 is 0 Å². The Morgan fingerprint density at radius 2 is 1.94 bits per heavy atom. The molecule has 3 nitrogen and oxygen atoms in total. The molecule has 2 aromatic carbocycles. The monoisotopic (exact) mass is 255 g/mol. The van der Waals surface area contributed by atoms with Crippen LogP contribution in [0.1, 0.15) is 5.56 Å². The highest BCUT2D eigenvalue weighted by molar-refractivity contribution is 7.99. The van der Waals surface area contributed by atoms with Crippen molar-refractivity contribution in [2.24, 2.45) is 0 Å². The molecule has 0 amide bonds. The molecule has 1 aromatic heterocycles. The van der Waals surface area contributed by atoms with Crippen LogP contribution in [0.3, 0.4) is 0 Å². The molecule has 0 unspecified atom stereocenters. The van der Waals surface area contributed by atoms with Crippen molar-refractivity contribution in [3.05, 3.63) is 48.0 Å². The van der Waals surface area contributed by atoms with Crippen LogP contribution in [0.25, 0.3) is 11.0 Å². The standard InChI is InChI=1S/C14H13N3S/c1-9-5-4-6-10(15)13(9)18-14-16-11-7-2-3-8-12(11)17-14/h2-8H,15H2,1H3,(H,16,17). The number of hydrogen-bond acceptors (Lipinski definition) is 3. The van der Waals surface area contributed by atoms with Crippen LogP contribution in [0.4, 0.5) is 5.69 Å². The number of nitrogens with one attached hydrogen (secondary N) is 1. The van der Waals surface area contributed by atoms with Gasteiger partial charge in [0.05, 0.1) is 11.0 Å². The van der Waals surface area contributed by atoms with Crippen LogP contribution in [0.15, 0.2) is 52.5 Å². The maximum Gasteiger partial charge on any atom is 0.171 e. The smallest absolute Gasteiger partial charge is 0.171 e. The number of rotatable bonds is 2. The second kappa shape index (κ2) is 4.38. The van der Waals surface area contributed by atoms with Crippen molar-refractivity contribution >= 4 is 28.5 Å². The lowest BCUT2D eigenvalue weighted by Gasteiger charge is -2.06. The van der Waals surface area contributed by atoms with Gasteiger partial charge in [0.2, 0.25) is 0 Å². The fourth-order valence-corrected chi connectivity index (χ4v) is 2.80. The fourth-order valence-electron chi connectivity index (χ4n) is 1.89. The highest BCUT2D eigenvalue weighted by Crippen LogP contribution is 2.33. The quantitative estimate of drug-likeness (QED) is 0.688. The molecule has 90 valence electrons. The summed E-state index contributed by atoms with van der Waals surface area (Å²) >= 11 is 1.57. The number of fused-ring (bicyclic) bond motifs is 1. The van der Waals surface area contributed by atoms with Crippen molar-refractivity contribution in [1.82, 2.24) is 9.97 Å². The minimum atomic E-state index is 0.792. The Morgan fingerprint density at radius 1 is 1.11 bits per heavy atom. The number of imidazole rings is 1. The van der Waals surface area contributed by atoms with Gasteiger partial charge in [-0.25, -0.2) is 4.98 Å². The molecule has 0 radical (unpaired) electrons. The first-order valence-corrected chi connectivity index (χ1v) is 6.53. The number of aromatic amines is 1. The molecular weight excluding hydrogens is 242 g/mol. The number of hydrogen-bond donors (Lipinski definition) is 2. The molecule has 0 aliphatic heterocycles. The number of nitrogen functional groups attached to an aromatic ring is 1. The zero-order valence-electron chi connectivity index (χ0n) is 9.97. The largest absolute Gasteiger partial charge is 0.398 e. The predicted molar refractivity (Wildman–Crippen MR) is 75.8 cm³/mol. The summed E-state index contributed by atoms with van der Waals surface area (Å²) in [5, 5.41) is 0.872. The maximum atomic E-state index is 6.00. The number of aryl methyl sites for hydroxylation is 1. The first-order valence-electron chi connectivity index (χ1n) is 5.72. The number of nitrogens with two attached hydrogens (primary N) is 1. The topological polar surface area (TPSA) is 54.7 Å². The minimum absolute atomic E-state index is 0.792. The molecule has 4 heteroatoms. The molecule has 0 fully saturated rings. The van der Waals surface area contributed by atoms with Gasteiger partial charge in [-0.2, -0.15) is 0 Å². The van der Waals surface area contributed by atoms with Crippen LogP contribution in [0.5, 0.6) is 0 Å².